The topological polar surface area (TPSA) is 23.8 Å². The third-order valence-corrected chi connectivity index (χ3v) is 2.28. The molecule has 0 unspecified atom stereocenters. The van der Waals surface area contributed by atoms with E-state index in [0.29, 0.717) is 6.07 Å². The molecule has 1 rings (SSSR count). The summed E-state index contributed by atoms with van der Waals surface area (Å²) < 4.78 is 49.9. The molecule has 0 atom stereocenters. The fraction of sp³-hybridized carbons (Fsp3) is 0.364. The molecule has 0 radical (unpaired) electrons. The van der Waals surface area contributed by atoms with E-state index in [9.17, 15) is 17.6 Å². The molecule has 0 aliphatic heterocycles. The number of hydrogen-bond donors (Lipinski definition) is 0. The predicted molar refractivity (Wildman–Crippen MR) is 50.0 cm³/mol. The summed E-state index contributed by atoms with van der Waals surface area (Å²) in [6, 6.07) is 4.43. The van der Waals surface area contributed by atoms with E-state index >= 15 is 0 Å². The molecular formula is C11H9F4N. The highest BCUT2D eigenvalue weighted by Crippen LogP contribution is 2.33. The third-order valence-electron chi connectivity index (χ3n) is 2.28. The molecule has 1 aromatic carbocycles. The molecule has 0 saturated carbocycles. The maximum absolute atomic E-state index is 13.2. The lowest BCUT2D eigenvalue weighted by atomic mass is 9.86. The number of alkyl halides is 3. The highest BCUT2D eigenvalue weighted by molar-refractivity contribution is 5.34. The van der Waals surface area contributed by atoms with E-state index in [4.69, 9.17) is 5.26 Å². The van der Waals surface area contributed by atoms with Gasteiger partial charge >= 0.3 is 6.18 Å². The Balaban J connectivity index is 3.26. The van der Waals surface area contributed by atoms with Gasteiger partial charge in [0.25, 0.3) is 0 Å². The molecule has 0 heterocycles. The van der Waals surface area contributed by atoms with Crippen LogP contribution in [0.25, 0.3) is 0 Å². The summed E-state index contributed by atoms with van der Waals surface area (Å²) in [5.74, 6) is -1.35. The monoisotopic (exact) mass is 231 g/mol. The van der Waals surface area contributed by atoms with Crippen molar-refractivity contribution in [1.29, 1.82) is 5.26 Å². The quantitative estimate of drug-likeness (QED) is 0.677. The maximum atomic E-state index is 13.2. The van der Waals surface area contributed by atoms with Gasteiger partial charge in [0.05, 0.1) is 17.0 Å². The highest BCUT2D eigenvalue weighted by Gasteiger charge is 2.34. The Labute approximate surface area is 90.3 Å². The lowest BCUT2D eigenvalue weighted by Gasteiger charge is -2.17. The molecule has 0 aliphatic rings. The SMILES string of the molecule is CC(C)(C#N)c1ccc(C(F)(F)F)c(F)c1. The smallest absolute Gasteiger partial charge is 0.206 e. The summed E-state index contributed by atoms with van der Waals surface area (Å²) in [5, 5.41) is 8.77. The largest absolute Gasteiger partial charge is 0.419 e. The van der Waals surface area contributed by atoms with Gasteiger partial charge in [-0.3, -0.25) is 0 Å². The molecule has 0 bridgehead atoms. The van der Waals surface area contributed by atoms with E-state index in [-0.39, 0.29) is 5.56 Å². The number of hydrogen-bond acceptors (Lipinski definition) is 1. The minimum absolute atomic E-state index is 0.223. The molecule has 0 aromatic heterocycles. The van der Waals surface area contributed by atoms with E-state index in [1.165, 1.54) is 13.8 Å². The van der Waals surface area contributed by atoms with Crippen LogP contribution >= 0.6 is 0 Å². The van der Waals surface area contributed by atoms with Crippen LogP contribution in [-0.2, 0) is 11.6 Å². The van der Waals surface area contributed by atoms with Crippen molar-refractivity contribution in [3.8, 4) is 6.07 Å². The van der Waals surface area contributed by atoms with Crippen LogP contribution in [0.3, 0.4) is 0 Å². The molecule has 0 aliphatic carbocycles. The first-order chi connectivity index (χ1) is 7.18. The predicted octanol–water partition coefficient (Wildman–Crippen LogP) is 3.65. The Kier molecular flexibility index (Phi) is 2.95. The first kappa shape index (κ1) is 12.5. The van der Waals surface area contributed by atoms with Crippen molar-refractivity contribution in [1.82, 2.24) is 0 Å². The van der Waals surface area contributed by atoms with Crippen molar-refractivity contribution < 1.29 is 17.6 Å². The van der Waals surface area contributed by atoms with E-state index in [0.717, 1.165) is 12.1 Å². The van der Waals surface area contributed by atoms with Crippen molar-refractivity contribution in [2.75, 3.05) is 0 Å². The molecule has 1 aromatic rings. The van der Waals surface area contributed by atoms with E-state index in [2.05, 4.69) is 0 Å². The fourth-order valence-corrected chi connectivity index (χ4v) is 1.20. The van der Waals surface area contributed by atoms with Crippen LogP contribution in [0, 0.1) is 17.1 Å². The number of nitriles is 1. The van der Waals surface area contributed by atoms with Crippen LogP contribution in [0.2, 0.25) is 0 Å². The minimum Gasteiger partial charge on any atom is -0.206 e. The summed E-state index contributed by atoms with van der Waals surface area (Å²) in [6.45, 7) is 3.02. The lowest BCUT2D eigenvalue weighted by Crippen LogP contribution is -2.16. The van der Waals surface area contributed by atoms with E-state index in [1.807, 2.05) is 6.07 Å². The maximum Gasteiger partial charge on any atom is 0.419 e. The number of rotatable bonds is 1. The van der Waals surface area contributed by atoms with Crippen LogP contribution in [0.15, 0.2) is 18.2 Å². The van der Waals surface area contributed by atoms with Crippen LogP contribution < -0.4 is 0 Å². The molecular weight excluding hydrogens is 222 g/mol. The molecule has 16 heavy (non-hydrogen) atoms. The summed E-state index contributed by atoms with van der Waals surface area (Å²) in [5.41, 5.74) is -2.10. The summed E-state index contributed by atoms with van der Waals surface area (Å²) >= 11 is 0. The fourth-order valence-electron chi connectivity index (χ4n) is 1.20. The molecule has 0 fully saturated rings. The second-order valence-electron chi connectivity index (χ2n) is 3.93. The second-order valence-corrected chi connectivity index (χ2v) is 3.93. The molecule has 0 N–H and O–H groups in total. The number of halogens is 4. The normalized spacial score (nSPS) is 12.3. The van der Waals surface area contributed by atoms with Gasteiger partial charge in [-0.15, -0.1) is 0 Å². The van der Waals surface area contributed by atoms with Gasteiger partial charge in [-0.05, 0) is 31.5 Å². The van der Waals surface area contributed by atoms with Gasteiger partial charge in [0.15, 0.2) is 0 Å². The first-order valence-electron chi connectivity index (χ1n) is 4.47. The van der Waals surface area contributed by atoms with Gasteiger partial charge in [-0.1, -0.05) is 6.07 Å². The van der Waals surface area contributed by atoms with Gasteiger partial charge in [-0.2, -0.15) is 18.4 Å². The van der Waals surface area contributed by atoms with Gasteiger partial charge in [0, 0.05) is 0 Å². The molecule has 0 spiro atoms. The number of benzene rings is 1. The van der Waals surface area contributed by atoms with E-state index in [1.54, 1.807) is 0 Å². The third kappa shape index (κ3) is 2.32. The second kappa shape index (κ2) is 3.78. The molecule has 0 saturated heterocycles. The molecule has 0 amide bonds. The van der Waals surface area contributed by atoms with Gasteiger partial charge in [0.1, 0.15) is 5.82 Å². The van der Waals surface area contributed by atoms with Gasteiger partial charge in [0.2, 0.25) is 0 Å². The van der Waals surface area contributed by atoms with Crippen molar-refractivity contribution in [3.63, 3.8) is 0 Å². The Hall–Kier alpha value is -1.57. The lowest BCUT2D eigenvalue weighted by molar-refractivity contribution is -0.140. The zero-order valence-electron chi connectivity index (χ0n) is 8.69. The van der Waals surface area contributed by atoms with Crippen LogP contribution in [0.5, 0.6) is 0 Å². The van der Waals surface area contributed by atoms with Gasteiger partial charge in [-0.25, -0.2) is 4.39 Å². The van der Waals surface area contributed by atoms with E-state index < -0.39 is 23.0 Å². The summed E-state index contributed by atoms with van der Waals surface area (Å²) in [4.78, 5) is 0. The number of nitrogens with zero attached hydrogens (tertiary/aromatic N) is 1. The van der Waals surface area contributed by atoms with Crippen molar-refractivity contribution in [2.45, 2.75) is 25.4 Å². The Morgan fingerprint density at radius 1 is 1.19 bits per heavy atom. The van der Waals surface area contributed by atoms with Crippen LogP contribution in [0.4, 0.5) is 17.6 Å². The van der Waals surface area contributed by atoms with Crippen LogP contribution in [0.1, 0.15) is 25.0 Å². The standard InChI is InChI=1S/C11H9F4N/c1-10(2,6-16)7-3-4-8(9(12)5-7)11(13,14)15/h3-5H,1-2H3. The zero-order chi connectivity index (χ0) is 12.6. The van der Waals surface area contributed by atoms with Gasteiger partial charge < -0.3 is 0 Å². The Morgan fingerprint density at radius 2 is 1.75 bits per heavy atom. The molecule has 1 nitrogen and oxygen atoms in total. The zero-order valence-corrected chi connectivity index (χ0v) is 8.69. The summed E-state index contributed by atoms with van der Waals surface area (Å²) in [7, 11) is 0. The van der Waals surface area contributed by atoms with Crippen molar-refractivity contribution in [3.05, 3.63) is 35.1 Å². The average Bonchev–Trinajstić information content (AvgIpc) is 2.15. The minimum atomic E-state index is -4.71. The average molecular weight is 231 g/mol. The summed E-state index contributed by atoms with van der Waals surface area (Å²) in [6.07, 6.45) is -4.71. The Bertz CT molecular complexity index is 440. The van der Waals surface area contributed by atoms with Crippen molar-refractivity contribution >= 4 is 0 Å². The van der Waals surface area contributed by atoms with Crippen LogP contribution in [-0.4, -0.2) is 0 Å². The highest BCUT2D eigenvalue weighted by atomic mass is 19.4. The molecule has 5 heteroatoms. The molecule has 86 valence electrons. The first-order valence-corrected chi connectivity index (χ1v) is 4.47. The van der Waals surface area contributed by atoms with Crippen molar-refractivity contribution in [2.24, 2.45) is 0 Å². The Morgan fingerprint density at radius 3 is 2.12 bits per heavy atom.